The van der Waals surface area contributed by atoms with Crippen LogP contribution in [0.2, 0.25) is 0 Å². The lowest BCUT2D eigenvalue weighted by Crippen LogP contribution is -2.44. The zero-order valence-electron chi connectivity index (χ0n) is 13.6. The molecule has 2 heterocycles. The van der Waals surface area contributed by atoms with Gasteiger partial charge in [-0.2, -0.15) is 0 Å². The molecular weight excluding hydrogens is 266 g/mol. The Balaban J connectivity index is 1.85. The van der Waals surface area contributed by atoms with Crippen LogP contribution in [-0.2, 0) is 9.59 Å². The number of nitrogens with zero attached hydrogens (tertiary/aromatic N) is 2. The molecule has 0 spiro atoms. The highest BCUT2D eigenvalue weighted by molar-refractivity contribution is 6.05. The molecule has 2 fully saturated rings. The number of carbonyl (C=O) groups excluding carboxylic acids is 2. The number of likely N-dealkylation sites (tertiary alicyclic amines) is 2. The molecule has 2 saturated heterocycles. The fourth-order valence-electron chi connectivity index (χ4n) is 3.52. The molecule has 21 heavy (non-hydrogen) atoms. The standard InChI is InChI=1S/C16H29N3O2/c1-4-13(5-2)19-15(20)9-14(16(19)21)17-10-12-7-8-18(6-3)11-12/h12-14,17H,4-11H2,1-3H3. The Bertz CT molecular complexity index is 382. The van der Waals surface area contributed by atoms with E-state index in [-0.39, 0.29) is 23.9 Å². The molecule has 1 N–H and O–H groups in total. The molecule has 2 rings (SSSR count). The van der Waals surface area contributed by atoms with Gasteiger partial charge >= 0.3 is 0 Å². The average Bonchev–Trinajstić information content (AvgIpc) is 3.05. The highest BCUT2D eigenvalue weighted by atomic mass is 16.2. The first-order chi connectivity index (χ1) is 10.1. The monoisotopic (exact) mass is 295 g/mol. The first-order valence-corrected chi connectivity index (χ1v) is 8.42. The van der Waals surface area contributed by atoms with Crippen molar-refractivity contribution in [1.82, 2.24) is 15.1 Å². The summed E-state index contributed by atoms with van der Waals surface area (Å²) in [5.41, 5.74) is 0. The van der Waals surface area contributed by atoms with Crippen LogP contribution in [0.3, 0.4) is 0 Å². The average molecular weight is 295 g/mol. The predicted molar refractivity (Wildman–Crippen MR) is 82.9 cm³/mol. The van der Waals surface area contributed by atoms with Crippen LogP contribution < -0.4 is 5.32 Å². The fraction of sp³-hybridized carbons (Fsp3) is 0.875. The number of carbonyl (C=O) groups is 2. The van der Waals surface area contributed by atoms with Crippen LogP contribution in [0.15, 0.2) is 0 Å². The van der Waals surface area contributed by atoms with E-state index in [1.54, 1.807) is 0 Å². The van der Waals surface area contributed by atoms with Crippen LogP contribution in [0.25, 0.3) is 0 Å². The molecule has 2 aliphatic rings. The lowest BCUT2D eigenvalue weighted by Gasteiger charge is -2.24. The minimum atomic E-state index is -0.297. The Hall–Kier alpha value is -0.940. The highest BCUT2D eigenvalue weighted by Gasteiger charge is 2.41. The van der Waals surface area contributed by atoms with Crippen LogP contribution in [0, 0.1) is 5.92 Å². The maximum atomic E-state index is 12.4. The normalized spacial score (nSPS) is 27.3. The van der Waals surface area contributed by atoms with Gasteiger partial charge in [0, 0.05) is 12.6 Å². The first-order valence-electron chi connectivity index (χ1n) is 8.42. The number of imide groups is 1. The summed E-state index contributed by atoms with van der Waals surface area (Å²) in [5, 5.41) is 3.34. The van der Waals surface area contributed by atoms with Gasteiger partial charge in [0.1, 0.15) is 0 Å². The molecule has 2 amide bonds. The molecule has 2 atom stereocenters. The lowest BCUT2D eigenvalue weighted by molar-refractivity contribution is -0.141. The van der Waals surface area contributed by atoms with E-state index in [1.165, 1.54) is 11.3 Å². The van der Waals surface area contributed by atoms with Crippen LogP contribution in [0.5, 0.6) is 0 Å². The van der Waals surface area contributed by atoms with Crippen molar-refractivity contribution < 1.29 is 9.59 Å². The smallest absolute Gasteiger partial charge is 0.247 e. The maximum absolute atomic E-state index is 12.4. The second kappa shape index (κ2) is 7.36. The van der Waals surface area contributed by atoms with E-state index < -0.39 is 0 Å². The summed E-state index contributed by atoms with van der Waals surface area (Å²) in [6.07, 6.45) is 3.20. The van der Waals surface area contributed by atoms with Crippen LogP contribution in [0.4, 0.5) is 0 Å². The Kier molecular flexibility index (Phi) is 5.76. The van der Waals surface area contributed by atoms with Crippen molar-refractivity contribution in [3.8, 4) is 0 Å². The Morgan fingerprint density at radius 2 is 1.95 bits per heavy atom. The van der Waals surface area contributed by atoms with E-state index >= 15 is 0 Å². The van der Waals surface area contributed by atoms with Crippen molar-refractivity contribution in [2.24, 2.45) is 5.92 Å². The van der Waals surface area contributed by atoms with E-state index in [4.69, 9.17) is 0 Å². The van der Waals surface area contributed by atoms with Crippen LogP contribution in [0.1, 0.15) is 46.5 Å². The molecule has 0 radical (unpaired) electrons. The summed E-state index contributed by atoms with van der Waals surface area (Å²) in [5.74, 6) is 0.585. The van der Waals surface area contributed by atoms with Gasteiger partial charge in [-0.3, -0.25) is 14.5 Å². The molecule has 5 nitrogen and oxygen atoms in total. The third kappa shape index (κ3) is 3.64. The Morgan fingerprint density at radius 1 is 1.24 bits per heavy atom. The van der Waals surface area contributed by atoms with Crippen molar-refractivity contribution in [2.75, 3.05) is 26.2 Å². The highest BCUT2D eigenvalue weighted by Crippen LogP contribution is 2.21. The van der Waals surface area contributed by atoms with Gasteiger partial charge in [0.25, 0.3) is 0 Å². The Labute approximate surface area is 128 Å². The topological polar surface area (TPSA) is 52.7 Å². The molecule has 5 heteroatoms. The van der Waals surface area contributed by atoms with E-state index in [9.17, 15) is 9.59 Å². The van der Waals surface area contributed by atoms with E-state index in [2.05, 4.69) is 17.1 Å². The molecular formula is C16H29N3O2. The Morgan fingerprint density at radius 3 is 2.52 bits per heavy atom. The quantitative estimate of drug-likeness (QED) is 0.718. The lowest BCUT2D eigenvalue weighted by atomic mass is 10.1. The van der Waals surface area contributed by atoms with Crippen LogP contribution >= 0.6 is 0 Å². The van der Waals surface area contributed by atoms with Crippen molar-refractivity contribution in [2.45, 2.75) is 58.5 Å². The van der Waals surface area contributed by atoms with E-state index in [0.717, 1.165) is 39.0 Å². The zero-order chi connectivity index (χ0) is 15.4. The van der Waals surface area contributed by atoms with Crippen molar-refractivity contribution in [3.63, 3.8) is 0 Å². The molecule has 0 aromatic rings. The second-order valence-electron chi connectivity index (χ2n) is 6.29. The van der Waals surface area contributed by atoms with Gasteiger partial charge in [-0.05, 0) is 44.8 Å². The maximum Gasteiger partial charge on any atom is 0.247 e. The van der Waals surface area contributed by atoms with Gasteiger partial charge in [0.2, 0.25) is 11.8 Å². The second-order valence-corrected chi connectivity index (χ2v) is 6.29. The minimum Gasteiger partial charge on any atom is -0.305 e. The summed E-state index contributed by atoms with van der Waals surface area (Å²) >= 11 is 0. The van der Waals surface area contributed by atoms with Gasteiger partial charge in [-0.1, -0.05) is 20.8 Å². The van der Waals surface area contributed by atoms with Gasteiger partial charge in [-0.15, -0.1) is 0 Å². The van der Waals surface area contributed by atoms with E-state index in [1.807, 2.05) is 13.8 Å². The first kappa shape index (κ1) is 16.4. The summed E-state index contributed by atoms with van der Waals surface area (Å²) in [4.78, 5) is 28.5. The molecule has 2 aliphatic heterocycles. The van der Waals surface area contributed by atoms with Gasteiger partial charge in [0.05, 0.1) is 12.5 Å². The number of nitrogens with one attached hydrogen (secondary N) is 1. The number of rotatable bonds is 7. The minimum absolute atomic E-state index is 0.00666. The number of amides is 2. The van der Waals surface area contributed by atoms with Gasteiger partial charge < -0.3 is 10.2 Å². The third-order valence-corrected chi connectivity index (χ3v) is 4.96. The van der Waals surface area contributed by atoms with Crippen molar-refractivity contribution in [3.05, 3.63) is 0 Å². The fourth-order valence-corrected chi connectivity index (χ4v) is 3.52. The largest absolute Gasteiger partial charge is 0.305 e. The number of hydrogen-bond donors (Lipinski definition) is 1. The zero-order valence-corrected chi connectivity index (χ0v) is 13.6. The molecule has 0 aromatic carbocycles. The predicted octanol–water partition coefficient (Wildman–Crippen LogP) is 1.23. The van der Waals surface area contributed by atoms with E-state index in [0.29, 0.717) is 12.3 Å². The molecule has 0 saturated carbocycles. The molecule has 2 unspecified atom stereocenters. The van der Waals surface area contributed by atoms with Gasteiger partial charge in [0.15, 0.2) is 0 Å². The summed E-state index contributed by atoms with van der Waals surface area (Å²) in [6.45, 7) is 10.5. The van der Waals surface area contributed by atoms with Crippen molar-refractivity contribution >= 4 is 11.8 Å². The van der Waals surface area contributed by atoms with Crippen molar-refractivity contribution in [1.29, 1.82) is 0 Å². The summed E-state index contributed by atoms with van der Waals surface area (Å²) in [6, 6.07) is -0.229. The SMILES string of the molecule is CCC(CC)N1C(=O)CC(NCC2CCN(CC)C2)C1=O. The van der Waals surface area contributed by atoms with Crippen LogP contribution in [-0.4, -0.2) is 59.9 Å². The molecule has 120 valence electrons. The van der Waals surface area contributed by atoms with Gasteiger partial charge in [-0.25, -0.2) is 0 Å². The summed E-state index contributed by atoms with van der Waals surface area (Å²) < 4.78 is 0. The summed E-state index contributed by atoms with van der Waals surface area (Å²) in [7, 11) is 0. The molecule has 0 aromatic heterocycles. The molecule has 0 aliphatic carbocycles. The third-order valence-electron chi connectivity index (χ3n) is 4.96. The molecule has 0 bridgehead atoms. The number of hydrogen-bond acceptors (Lipinski definition) is 4.